The van der Waals surface area contributed by atoms with E-state index in [0.29, 0.717) is 21.8 Å². The molecular formula is C14H7Br2ClN2O. The van der Waals surface area contributed by atoms with E-state index >= 15 is 0 Å². The van der Waals surface area contributed by atoms with Gasteiger partial charge in [-0.15, -0.1) is 0 Å². The van der Waals surface area contributed by atoms with Gasteiger partial charge in [-0.2, -0.15) is 0 Å². The minimum absolute atomic E-state index is 0.137. The Morgan fingerprint density at radius 1 is 1.15 bits per heavy atom. The lowest BCUT2D eigenvalue weighted by Crippen LogP contribution is -2.01. The van der Waals surface area contributed by atoms with Crippen molar-refractivity contribution in [1.29, 1.82) is 0 Å². The molecule has 1 N–H and O–H groups in total. The first-order valence-corrected chi connectivity index (χ1v) is 7.65. The zero-order valence-corrected chi connectivity index (χ0v) is 13.9. The highest BCUT2D eigenvalue weighted by Crippen LogP contribution is 2.27. The standard InChI is InChI=1S/C14H7Br2ClN2O/c15-7-1-2-12(17)10(3-7)13(20)11-6-19-14-9(11)4-8(16)5-18-14/h1-6H,(H,18,19). The van der Waals surface area contributed by atoms with Crippen LogP contribution in [0.2, 0.25) is 5.02 Å². The van der Waals surface area contributed by atoms with Crippen LogP contribution in [0.25, 0.3) is 11.0 Å². The monoisotopic (exact) mass is 412 g/mol. The van der Waals surface area contributed by atoms with Gasteiger partial charge in [0.25, 0.3) is 0 Å². The number of pyridine rings is 1. The Kier molecular flexibility index (Phi) is 3.67. The fourth-order valence-corrected chi connectivity index (χ4v) is 2.88. The molecular weight excluding hydrogens is 407 g/mol. The smallest absolute Gasteiger partial charge is 0.196 e. The third-order valence-corrected chi connectivity index (χ3v) is 4.17. The van der Waals surface area contributed by atoms with Crippen LogP contribution in [0, 0.1) is 0 Å². The average Bonchev–Trinajstić information content (AvgIpc) is 2.83. The summed E-state index contributed by atoms with van der Waals surface area (Å²) in [5.74, 6) is -0.137. The molecule has 20 heavy (non-hydrogen) atoms. The Balaban J connectivity index is 2.17. The van der Waals surface area contributed by atoms with E-state index in [9.17, 15) is 4.79 Å². The fourth-order valence-electron chi connectivity index (χ4n) is 1.98. The van der Waals surface area contributed by atoms with Gasteiger partial charge in [0.2, 0.25) is 0 Å². The second-order valence-electron chi connectivity index (χ2n) is 4.21. The van der Waals surface area contributed by atoms with Crippen LogP contribution in [-0.4, -0.2) is 15.8 Å². The maximum Gasteiger partial charge on any atom is 0.196 e. The quantitative estimate of drug-likeness (QED) is 0.602. The van der Waals surface area contributed by atoms with Gasteiger partial charge in [0.05, 0.1) is 5.02 Å². The molecule has 2 heterocycles. The number of fused-ring (bicyclic) bond motifs is 1. The molecule has 0 saturated heterocycles. The Labute approximate surface area is 136 Å². The molecule has 0 radical (unpaired) electrons. The third kappa shape index (κ3) is 2.41. The van der Waals surface area contributed by atoms with Crippen molar-refractivity contribution in [2.24, 2.45) is 0 Å². The lowest BCUT2D eigenvalue weighted by atomic mass is 10.0. The highest BCUT2D eigenvalue weighted by molar-refractivity contribution is 9.10. The first-order chi connectivity index (χ1) is 9.56. The molecule has 0 saturated carbocycles. The van der Waals surface area contributed by atoms with E-state index in [0.717, 1.165) is 14.3 Å². The number of hydrogen-bond donors (Lipinski definition) is 1. The Bertz CT molecular complexity index is 829. The second-order valence-corrected chi connectivity index (χ2v) is 6.44. The average molecular weight is 414 g/mol. The summed E-state index contributed by atoms with van der Waals surface area (Å²) in [6, 6.07) is 7.07. The number of ketones is 1. The minimum atomic E-state index is -0.137. The molecule has 3 aromatic rings. The van der Waals surface area contributed by atoms with E-state index in [1.54, 1.807) is 30.6 Å². The molecule has 0 amide bonds. The predicted octanol–water partition coefficient (Wildman–Crippen LogP) is 4.97. The van der Waals surface area contributed by atoms with Crippen molar-refractivity contribution in [2.75, 3.05) is 0 Å². The number of nitrogens with zero attached hydrogens (tertiary/aromatic N) is 1. The number of carbonyl (C=O) groups is 1. The molecule has 3 rings (SSSR count). The van der Waals surface area contributed by atoms with Gasteiger partial charge < -0.3 is 4.98 Å². The number of nitrogens with one attached hydrogen (secondary N) is 1. The van der Waals surface area contributed by atoms with Gasteiger partial charge >= 0.3 is 0 Å². The van der Waals surface area contributed by atoms with Crippen LogP contribution >= 0.6 is 43.5 Å². The molecule has 0 bridgehead atoms. The van der Waals surface area contributed by atoms with Crippen molar-refractivity contribution in [2.45, 2.75) is 0 Å². The number of H-pyrrole nitrogens is 1. The molecule has 6 heteroatoms. The van der Waals surface area contributed by atoms with Crippen LogP contribution in [0.5, 0.6) is 0 Å². The van der Waals surface area contributed by atoms with Crippen molar-refractivity contribution < 1.29 is 4.79 Å². The van der Waals surface area contributed by atoms with E-state index < -0.39 is 0 Å². The number of halogens is 3. The molecule has 0 atom stereocenters. The summed E-state index contributed by atoms with van der Waals surface area (Å²) in [4.78, 5) is 19.9. The number of benzene rings is 1. The number of rotatable bonds is 2. The van der Waals surface area contributed by atoms with Gasteiger partial charge in [-0.25, -0.2) is 4.98 Å². The van der Waals surface area contributed by atoms with E-state index in [1.807, 2.05) is 6.07 Å². The third-order valence-electron chi connectivity index (χ3n) is 2.92. The molecule has 3 nitrogen and oxygen atoms in total. The number of aromatic nitrogens is 2. The van der Waals surface area contributed by atoms with Gasteiger partial charge in [-0.3, -0.25) is 4.79 Å². The zero-order chi connectivity index (χ0) is 14.3. The highest BCUT2D eigenvalue weighted by Gasteiger charge is 2.17. The van der Waals surface area contributed by atoms with Gasteiger partial charge in [0, 0.05) is 37.9 Å². The van der Waals surface area contributed by atoms with Gasteiger partial charge in [0.1, 0.15) is 5.65 Å². The van der Waals surface area contributed by atoms with Gasteiger partial charge in [-0.05, 0) is 40.2 Å². The summed E-state index contributed by atoms with van der Waals surface area (Å²) < 4.78 is 1.63. The molecule has 0 aliphatic carbocycles. The largest absolute Gasteiger partial charge is 0.345 e. The molecule has 0 aliphatic heterocycles. The number of hydrogen-bond acceptors (Lipinski definition) is 2. The van der Waals surface area contributed by atoms with E-state index in [2.05, 4.69) is 41.8 Å². The van der Waals surface area contributed by atoms with Crippen LogP contribution in [0.15, 0.2) is 45.6 Å². The van der Waals surface area contributed by atoms with Crippen LogP contribution in [0.4, 0.5) is 0 Å². The summed E-state index contributed by atoms with van der Waals surface area (Å²) in [5, 5.41) is 1.19. The SMILES string of the molecule is O=C(c1cc(Br)ccc1Cl)c1c[nH]c2ncc(Br)cc12. The Morgan fingerprint density at radius 2 is 1.95 bits per heavy atom. The lowest BCUT2D eigenvalue weighted by Gasteiger charge is -2.03. The molecule has 0 unspecified atom stereocenters. The van der Waals surface area contributed by atoms with E-state index in [-0.39, 0.29) is 5.78 Å². The van der Waals surface area contributed by atoms with Crippen molar-refractivity contribution in [3.8, 4) is 0 Å². The molecule has 100 valence electrons. The molecule has 2 aromatic heterocycles. The molecule has 0 fully saturated rings. The summed E-state index contributed by atoms with van der Waals surface area (Å²) in [6.07, 6.45) is 3.34. The maximum absolute atomic E-state index is 12.6. The van der Waals surface area contributed by atoms with E-state index in [4.69, 9.17) is 11.6 Å². The van der Waals surface area contributed by atoms with Gasteiger partial charge in [0.15, 0.2) is 5.78 Å². The highest BCUT2D eigenvalue weighted by atomic mass is 79.9. The lowest BCUT2D eigenvalue weighted by molar-refractivity contribution is 0.104. The Morgan fingerprint density at radius 3 is 2.75 bits per heavy atom. The molecule has 0 aliphatic rings. The summed E-state index contributed by atoms with van der Waals surface area (Å²) in [6.45, 7) is 0. The summed E-state index contributed by atoms with van der Waals surface area (Å²) >= 11 is 12.8. The zero-order valence-electron chi connectivity index (χ0n) is 9.95. The normalized spacial score (nSPS) is 10.9. The molecule has 1 aromatic carbocycles. The van der Waals surface area contributed by atoms with Crippen LogP contribution in [-0.2, 0) is 0 Å². The molecule has 0 spiro atoms. The Hall–Kier alpha value is -1.17. The van der Waals surface area contributed by atoms with Gasteiger partial charge in [-0.1, -0.05) is 27.5 Å². The fraction of sp³-hybridized carbons (Fsp3) is 0. The van der Waals surface area contributed by atoms with Crippen molar-refractivity contribution in [3.63, 3.8) is 0 Å². The van der Waals surface area contributed by atoms with Crippen LogP contribution in [0.1, 0.15) is 15.9 Å². The van der Waals surface area contributed by atoms with Crippen molar-refractivity contribution >= 4 is 60.3 Å². The topological polar surface area (TPSA) is 45.8 Å². The summed E-state index contributed by atoms with van der Waals surface area (Å²) in [5.41, 5.74) is 1.68. The predicted molar refractivity (Wildman–Crippen MR) is 86.4 cm³/mol. The number of carbonyl (C=O) groups excluding carboxylic acids is 1. The minimum Gasteiger partial charge on any atom is -0.345 e. The first-order valence-electron chi connectivity index (χ1n) is 5.68. The van der Waals surface area contributed by atoms with Crippen molar-refractivity contribution in [1.82, 2.24) is 9.97 Å². The van der Waals surface area contributed by atoms with Crippen LogP contribution < -0.4 is 0 Å². The first kappa shape index (κ1) is 13.8. The van der Waals surface area contributed by atoms with Crippen LogP contribution in [0.3, 0.4) is 0 Å². The second kappa shape index (κ2) is 5.31. The summed E-state index contributed by atoms with van der Waals surface area (Å²) in [7, 11) is 0. The maximum atomic E-state index is 12.6. The number of aromatic amines is 1. The van der Waals surface area contributed by atoms with Crippen molar-refractivity contribution in [3.05, 3.63) is 61.8 Å². The van der Waals surface area contributed by atoms with E-state index in [1.165, 1.54) is 0 Å².